The third-order valence-corrected chi connectivity index (χ3v) is 4.65. The van der Waals surface area contributed by atoms with Crippen molar-refractivity contribution in [3.05, 3.63) is 81.5 Å². The van der Waals surface area contributed by atoms with Crippen molar-refractivity contribution in [3.63, 3.8) is 0 Å². The highest BCUT2D eigenvalue weighted by Gasteiger charge is 2.33. The summed E-state index contributed by atoms with van der Waals surface area (Å²) in [5.41, 5.74) is 5.67. The second-order valence-electron chi connectivity index (χ2n) is 6.49. The van der Waals surface area contributed by atoms with Crippen molar-refractivity contribution in [2.45, 2.75) is 19.0 Å². The van der Waals surface area contributed by atoms with Crippen molar-refractivity contribution in [1.29, 1.82) is 0 Å². The average molecular weight is 455 g/mol. The molecule has 3 rings (SSSR count). The Morgan fingerprint density at radius 2 is 1.73 bits per heavy atom. The van der Waals surface area contributed by atoms with E-state index in [1.54, 1.807) is 24.3 Å². The van der Waals surface area contributed by atoms with Gasteiger partial charge >= 0.3 is 6.18 Å². The number of Topliss-reactive ketones (excluding diaryl/α,β-unsaturated/α-hetero) is 1. The molecule has 0 fully saturated rings. The van der Waals surface area contributed by atoms with Crippen molar-refractivity contribution >= 4 is 34.8 Å². The van der Waals surface area contributed by atoms with Crippen LogP contribution < -0.4 is 10.5 Å². The Morgan fingerprint density at radius 3 is 2.43 bits per heavy atom. The Bertz CT molecular complexity index is 1090. The quantitative estimate of drug-likeness (QED) is 0.485. The average Bonchev–Trinajstić information content (AvgIpc) is 2.65. The van der Waals surface area contributed by atoms with Crippen molar-refractivity contribution < 1.29 is 22.7 Å². The zero-order chi connectivity index (χ0) is 21.9. The second kappa shape index (κ2) is 8.93. The third kappa shape index (κ3) is 5.64. The molecule has 0 saturated carbocycles. The molecule has 0 unspecified atom stereocenters. The maximum absolute atomic E-state index is 13.0. The number of nitrogens with two attached hydrogens (primary N) is 1. The number of ether oxygens (including phenoxy) is 1. The van der Waals surface area contributed by atoms with E-state index in [0.29, 0.717) is 16.3 Å². The monoisotopic (exact) mass is 454 g/mol. The molecule has 0 bridgehead atoms. The number of aromatic nitrogens is 1. The van der Waals surface area contributed by atoms with E-state index in [-0.39, 0.29) is 35.8 Å². The summed E-state index contributed by atoms with van der Waals surface area (Å²) in [5, 5.41) is -0.0509. The van der Waals surface area contributed by atoms with Gasteiger partial charge in [-0.1, -0.05) is 41.4 Å². The lowest BCUT2D eigenvalue weighted by Gasteiger charge is -2.11. The number of benzene rings is 2. The molecule has 1 heterocycles. The van der Waals surface area contributed by atoms with Gasteiger partial charge in [-0.05, 0) is 35.4 Å². The predicted octanol–water partition coefficient (Wildman–Crippen LogP) is 6.14. The molecule has 1 aromatic heterocycles. The van der Waals surface area contributed by atoms with Gasteiger partial charge in [0, 0.05) is 25.1 Å². The number of halogens is 5. The van der Waals surface area contributed by atoms with Crippen LogP contribution in [-0.2, 0) is 23.8 Å². The maximum atomic E-state index is 13.0. The molecule has 156 valence electrons. The van der Waals surface area contributed by atoms with Gasteiger partial charge in [0.05, 0.1) is 15.6 Å². The number of carbonyl (C=O) groups excluding carboxylic acids is 1. The Morgan fingerprint density at radius 1 is 1.03 bits per heavy atom. The van der Waals surface area contributed by atoms with Crippen LogP contribution in [0.5, 0.6) is 11.5 Å². The van der Waals surface area contributed by atoms with Gasteiger partial charge in [0.1, 0.15) is 11.5 Å². The SMILES string of the molecule is Nc1ncc(Cl)cc1Oc1cccc(CC(=O)Cc2ccc(Cl)c(C(F)(F)F)c2)c1. The normalized spacial score (nSPS) is 11.4. The molecule has 0 radical (unpaired) electrons. The zero-order valence-corrected chi connectivity index (χ0v) is 16.9. The number of alkyl halides is 3. The lowest BCUT2D eigenvalue weighted by molar-refractivity contribution is -0.137. The fraction of sp³-hybridized carbons (Fsp3) is 0.143. The first-order chi connectivity index (χ1) is 14.1. The molecule has 0 aliphatic heterocycles. The van der Waals surface area contributed by atoms with Crippen LogP contribution in [-0.4, -0.2) is 10.8 Å². The number of hydrogen-bond acceptors (Lipinski definition) is 4. The molecular weight excluding hydrogens is 440 g/mol. The van der Waals surface area contributed by atoms with E-state index in [2.05, 4.69) is 4.98 Å². The Kier molecular flexibility index (Phi) is 6.53. The summed E-state index contributed by atoms with van der Waals surface area (Å²) in [6, 6.07) is 11.7. The summed E-state index contributed by atoms with van der Waals surface area (Å²) in [6.07, 6.45) is -3.33. The summed E-state index contributed by atoms with van der Waals surface area (Å²) in [5.74, 6) is 0.587. The standard InChI is InChI=1S/C21H15Cl2F3N2O2/c22-14-10-19(20(27)28-11-14)30-16-3-1-2-12(8-16)6-15(29)7-13-4-5-18(23)17(9-13)21(24,25)26/h1-5,8-11H,6-7H2,(H2,27,28). The molecule has 4 nitrogen and oxygen atoms in total. The van der Waals surface area contributed by atoms with Crippen LogP contribution in [0, 0.1) is 0 Å². The smallest absolute Gasteiger partial charge is 0.417 e. The van der Waals surface area contributed by atoms with Gasteiger partial charge in [-0.2, -0.15) is 13.2 Å². The molecule has 0 aliphatic rings. The topological polar surface area (TPSA) is 65.2 Å². The van der Waals surface area contributed by atoms with E-state index >= 15 is 0 Å². The minimum Gasteiger partial charge on any atom is -0.453 e. The minimum absolute atomic E-state index is 0.0183. The van der Waals surface area contributed by atoms with Crippen LogP contribution in [0.15, 0.2) is 54.7 Å². The number of nitrogens with zero attached hydrogens (tertiary/aromatic N) is 1. The number of nitrogen functional groups attached to an aromatic ring is 1. The molecule has 3 aromatic rings. The molecular formula is C21H15Cl2F3N2O2. The van der Waals surface area contributed by atoms with Gasteiger partial charge in [0.2, 0.25) is 0 Å². The molecule has 9 heteroatoms. The van der Waals surface area contributed by atoms with Crippen LogP contribution in [0.1, 0.15) is 16.7 Å². The maximum Gasteiger partial charge on any atom is 0.417 e. The van der Waals surface area contributed by atoms with Gasteiger partial charge in [-0.25, -0.2) is 4.98 Å². The van der Waals surface area contributed by atoms with Gasteiger partial charge < -0.3 is 10.5 Å². The van der Waals surface area contributed by atoms with Crippen molar-refractivity contribution in [2.75, 3.05) is 5.73 Å². The van der Waals surface area contributed by atoms with Crippen molar-refractivity contribution in [3.8, 4) is 11.5 Å². The number of anilines is 1. The van der Waals surface area contributed by atoms with Crippen LogP contribution in [0.3, 0.4) is 0 Å². The van der Waals surface area contributed by atoms with Gasteiger partial charge in [0.15, 0.2) is 11.6 Å². The van der Waals surface area contributed by atoms with E-state index < -0.39 is 16.8 Å². The van der Waals surface area contributed by atoms with Gasteiger partial charge in [-0.3, -0.25) is 4.79 Å². The highest BCUT2D eigenvalue weighted by atomic mass is 35.5. The van der Waals surface area contributed by atoms with E-state index in [4.69, 9.17) is 33.7 Å². The Labute approximate surface area is 180 Å². The van der Waals surface area contributed by atoms with Gasteiger partial charge in [0.25, 0.3) is 0 Å². The Balaban J connectivity index is 1.71. The highest BCUT2D eigenvalue weighted by Crippen LogP contribution is 2.35. The third-order valence-electron chi connectivity index (χ3n) is 4.11. The number of carbonyl (C=O) groups is 1. The molecule has 0 aliphatic carbocycles. The van der Waals surface area contributed by atoms with Crippen molar-refractivity contribution in [1.82, 2.24) is 4.98 Å². The zero-order valence-electron chi connectivity index (χ0n) is 15.3. The summed E-state index contributed by atoms with van der Waals surface area (Å²) >= 11 is 11.5. The predicted molar refractivity (Wildman–Crippen MR) is 109 cm³/mol. The molecule has 2 N–H and O–H groups in total. The van der Waals surface area contributed by atoms with E-state index in [1.165, 1.54) is 18.3 Å². The summed E-state index contributed by atoms with van der Waals surface area (Å²) < 4.78 is 44.6. The first kappa shape index (κ1) is 21.9. The van der Waals surface area contributed by atoms with E-state index in [9.17, 15) is 18.0 Å². The van der Waals surface area contributed by atoms with Crippen LogP contribution in [0.4, 0.5) is 19.0 Å². The van der Waals surface area contributed by atoms with Gasteiger partial charge in [-0.15, -0.1) is 0 Å². The van der Waals surface area contributed by atoms with Crippen LogP contribution in [0.25, 0.3) is 0 Å². The molecule has 0 saturated heterocycles. The number of pyridine rings is 1. The van der Waals surface area contributed by atoms with E-state index in [1.807, 2.05) is 0 Å². The molecule has 0 spiro atoms. The molecule has 2 aromatic carbocycles. The minimum atomic E-state index is -4.58. The first-order valence-corrected chi connectivity index (χ1v) is 9.42. The highest BCUT2D eigenvalue weighted by molar-refractivity contribution is 6.31. The molecule has 0 atom stereocenters. The lowest BCUT2D eigenvalue weighted by atomic mass is 10.0. The number of ketones is 1. The summed E-state index contributed by atoms with van der Waals surface area (Å²) in [7, 11) is 0. The van der Waals surface area contributed by atoms with Crippen molar-refractivity contribution in [2.24, 2.45) is 0 Å². The number of rotatable bonds is 6. The largest absolute Gasteiger partial charge is 0.453 e. The van der Waals surface area contributed by atoms with Crippen LogP contribution in [0.2, 0.25) is 10.0 Å². The first-order valence-electron chi connectivity index (χ1n) is 8.67. The van der Waals surface area contributed by atoms with Crippen LogP contribution >= 0.6 is 23.2 Å². The molecule has 30 heavy (non-hydrogen) atoms. The Hall–Kier alpha value is -2.77. The second-order valence-corrected chi connectivity index (χ2v) is 7.33. The lowest BCUT2D eigenvalue weighted by Crippen LogP contribution is -2.10. The fourth-order valence-electron chi connectivity index (χ4n) is 2.78. The molecule has 0 amide bonds. The summed E-state index contributed by atoms with van der Waals surface area (Å²) in [6.45, 7) is 0. The van der Waals surface area contributed by atoms with E-state index in [0.717, 1.165) is 12.1 Å². The summed E-state index contributed by atoms with van der Waals surface area (Å²) in [4.78, 5) is 16.3. The fourth-order valence-corrected chi connectivity index (χ4v) is 3.15. The number of hydrogen-bond donors (Lipinski definition) is 1.